The summed E-state index contributed by atoms with van der Waals surface area (Å²) in [4.78, 5) is 30.1. The van der Waals surface area contributed by atoms with Gasteiger partial charge in [-0.3, -0.25) is 14.5 Å². The van der Waals surface area contributed by atoms with E-state index in [1.165, 1.54) is 16.0 Å². The molecule has 0 aliphatic carbocycles. The van der Waals surface area contributed by atoms with E-state index in [9.17, 15) is 9.59 Å². The molecular weight excluding hydrogens is 350 g/mol. The van der Waals surface area contributed by atoms with Gasteiger partial charge in [0, 0.05) is 53.1 Å². The Labute approximate surface area is 167 Å². The molecule has 0 saturated carbocycles. The molecule has 0 aromatic heterocycles. The number of rotatable bonds is 6. The molecule has 2 amide bonds. The van der Waals surface area contributed by atoms with Crippen LogP contribution in [0.5, 0.6) is 0 Å². The van der Waals surface area contributed by atoms with E-state index in [0.717, 1.165) is 13.1 Å². The third kappa shape index (κ3) is 4.98. The normalized spacial score (nSPS) is 14.9. The lowest BCUT2D eigenvalue weighted by Crippen LogP contribution is -2.50. The molecule has 5 heteroatoms. The molecule has 2 aromatic rings. The molecule has 0 N–H and O–H groups in total. The van der Waals surface area contributed by atoms with Crippen LogP contribution in [0.25, 0.3) is 0 Å². The molecule has 28 heavy (non-hydrogen) atoms. The molecule has 1 aliphatic rings. The zero-order valence-electron chi connectivity index (χ0n) is 16.8. The van der Waals surface area contributed by atoms with Gasteiger partial charge in [0.25, 0.3) is 0 Å². The van der Waals surface area contributed by atoms with Crippen LogP contribution >= 0.6 is 0 Å². The predicted octanol–water partition coefficient (Wildman–Crippen LogP) is 2.79. The number of carbonyl (C=O) groups is 2. The van der Waals surface area contributed by atoms with Crippen LogP contribution in [0.2, 0.25) is 0 Å². The van der Waals surface area contributed by atoms with Crippen LogP contribution in [0.4, 0.5) is 0 Å². The molecule has 0 spiro atoms. The first-order chi connectivity index (χ1) is 13.6. The zero-order valence-corrected chi connectivity index (χ0v) is 16.8. The highest BCUT2D eigenvalue weighted by molar-refractivity contribution is 5.83. The highest BCUT2D eigenvalue weighted by Crippen LogP contribution is 2.29. The van der Waals surface area contributed by atoms with Crippen LogP contribution in [0.3, 0.4) is 0 Å². The van der Waals surface area contributed by atoms with Crippen molar-refractivity contribution in [3.8, 4) is 0 Å². The van der Waals surface area contributed by atoms with E-state index < -0.39 is 0 Å². The van der Waals surface area contributed by atoms with E-state index in [1.807, 2.05) is 17.0 Å². The highest BCUT2D eigenvalue weighted by Gasteiger charge is 2.28. The van der Waals surface area contributed by atoms with Gasteiger partial charge in [-0.05, 0) is 11.1 Å². The van der Waals surface area contributed by atoms with Crippen LogP contribution in [0.15, 0.2) is 60.7 Å². The second-order valence-electron chi connectivity index (χ2n) is 7.43. The monoisotopic (exact) mass is 379 g/mol. The number of carbonyl (C=O) groups excluding carboxylic acids is 2. The maximum atomic E-state index is 12.5. The molecule has 0 bridgehead atoms. The summed E-state index contributed by atoms with van der Waals surface area (Å²) >= 11 is 0. The van der Waals surface area contributed by atoms with Gasteiger partial charge in [-0.2, -0.15) is 0 Å². The standard InChI is InChI=1S/C23H29N3O2/c1-24(2)21(27)13-14-22(28)25-15-17-26(18-16-25)23(19-9-5-3-6-10-19)20-11-7-4-8-12-20/h3-12,23H,13-18H2,1-2H3. The van der Waals surface area contributed by atoms with Crippen molar-refractivity contribution in [2.75, 3.05) is 40.3 Å². The van der Waals surface area contributed by atoms with Gasteiger partial charge in [-0.25, -0.2) is 0 Å². The maximum Gasteiger partial charge on any atom is 0.223 e. The summed E-state index contributed by atoms with van der Waals surface area (Å²) in [5.41, 5.74) is 2.54. The molecule has 0 radical (unpaired) electrons. The molecule has 2 aromatic carbocycles. The van der Waals surface area contributed by atoms with Gasteiger partial charge in [-0.1, -0.05) is 60.7 Å². The SMILES string of the molecule is CN(C)C(=O)CCC(=O)N1CCN(C(c2ccccc2)c2ccccc2)CC1. The first-order valence-corrected chi connectivity index (χ1v) is 9.88. The summed E-state index contributed by atoms with van der Waals surface area (Å²) in [5.74, 6) is 0.0750. The highest BCUT2D eigenvalue weighted by atomic mass is 16.2. The van der Waals surface area contributed by atoms with Crippen LogP contribution < -0.4 is 0 Å². The fraction of sp³-hybridized carbons (Fsp3) is 0.391. The van der Waals surface area contributed by atoms with E-state index >= 15 is 0 Å². The second kappa shape index (κ2) is 9.51. The molecule has 0 atom stereocenters. The summed E-state index contributed by atoms with van der Waals surface area (Å²) < 4.78 is 0. The lowest BCUT2D eigenvalue weighted by Gasteiger charge is -2.40. The van der Waals surface area contributed by atoms with Crippen LogP contribution in [0, 0.1) is 0 Å². The molecule has 148 valence electrons. The van der Waals surface area contributed by atoms with Gasteiger partial charge in [-0.15, -0.1) is 0 Å². The Morgan fingerprint density at radius 1 is 0.821 bits per heavy atom. The number of amides is 2. The largest absolute Gasteiger partial charge is 0.349 e. The molecule has 1 heterocycles. The number of benzene rings is 2. The zero-order chi connectivity index (χ0) is 19.9. The topological polar surface area (TPSA) is 43.9 Å². The van der Waals surface area contributed by atoms with Crippen molar-refractivity contribution in [3.05, 3.63) is 71.8 Å². The van der Waals surface area contributed by atoms with E-state index in [1.54, 1.807) is 14.1 Å². The Kier molecular flexibility index (Phi) is 6.82. The van der Waals surface area contributed by atoms with Crippen LogP contribution in [-0.4, -0.2) is 66.8 Å². The molecule has 0 unspecified atom stereocenters. The molecule has 1 saturated heterocycles. The van der Waals surface area contributed by atoms with Crippen molar-refractivity contribution >= 4 is 11.8 Å². The van der Waals surface area contributed by atoms with Gasteiger partial charge in [0.05, 0.1) is 6.04 Å². The van der Waals surface area contributed by atoms with Crippen LogP contribution in [0.1, 0.15) is 30.0 Å². The van der Waals surface area contributed by atoms with E-state index in [4.69, 9.17) is 0 Å². The third-order valence-corrected chi connectivity index (χ3v) is 5.31. The van der Waals surface area contributed by atoms with Crippen molar-refractivity contribution in [1.82, 2.24) is 14.7 Å². The fourth-order valence-corrected chi connectivity index (χ4v) is 3.71. The van der Waals surface area contributed by atoms with Crippen molar-refractivity contribution in [3.63, 3.8) is 0 Å². The summed E-state index contributed by atoms with van der Waals surface area (Å²) in [6, 6.07) is 21.2. The van der Waals surface area contributed by atoms with Gasteiger partial charge < -0.3 is 9.80 Å². The van der Waals surface area contributed by atoms with Gasteiger partial charge in [0.2, 0.25) is 11.8 Å². The first kappa shape index (κ1) is 20.1. The fourth-order valence-electron chi connectivity index (χ4n) is 3.71. The Hall–Kier alpha value is -2.66. The lowest BCUT2D eigenvalue weighted by molar-refractivity contribution is -0.137. The Bertz CT molecular complexity index is 729. The second-order valence-corrected chi connectivity index (χ2v) is 7.43. The number of nitrogens with zero attached hydrogens (tertiary/aromatic N) is 3. The maximum absolute atomic E-state index is 12.5. The van der Waals surface area contributed by atoms with Gasteiger partial charge in [0.1, 0.15) is 0 Å². The molecule has 5 nitrogen and oxygen atoms in total. The predicted molar refractivity (Wildman–Crippen MR) is 111 cm³/mol. The van der Waals surface area contributed by atoms with Gasteiger partial charge in [0.15, 0.2) is 0 Å². The van der Waals surface area contributed by atoms with Crippen LogP contribution in [-0.2, 0) is 9.59 Å². The Morgan fingerprint density at radius 2 is 1.32 bits per heavy atom. The van der Waals surface area contributed by atoms with Crippen molar-refractivity contribution < 1.29 is 9.59 Å². The minimum absolute atomic E-state index is 0.000190. The average molecular weight is 380 g/mol. The first-order valence-electron chi connectivity index (χ1n) is 9.88. The van der Waals surface area contributed by atoms with Crippen molar-refractivity contribution in [1.29, 1.82) is 0 Å². The average Bonchev–Trinajstić information content (AvgIpc) is 2.74. The molecule has 1 fully saturated rings. The summed E-state index contributed by atoms with van der Waals surface area (Å²) in [7, 11) is 3.44. The Morgan fingerprint density at radius 3 is 1.79 bits per heavy atom. The lowest BCUT2D eigenvalue weighted by atomic mass is 9.96. The quantitative estimate of drug-likeness (QED) is 0.775. The minimum Gasteiger partial charge on any atom is -0.349 e. The smallest absolute Gasteiger partial charge is 0.223 e. The molecule has 3 rings (SSSR count). The number of hydrogen-bond donors (Lipinski definition) is 0. The summed E-state index contributed by atoms with van der Waals surface area (Å²) in [5, 5.41) is 0. The van der Waals surface area contributed by atoms with Crippen molar-refractivity contribution in [2.24, 2.45) is 0 Å². The van der Waals surface area contributed by atoms with E-state index in [2.05, 4.69) is 53.4 Å². The number of piperazine rings is 1. The summed E-state index contributed by atoms with van der Waals surface area (Å²) in [6.45, 7) is 3.04. The summed E-state index contributed by atoms with van der Waals surface area (Å²) in [6.07, 6.45) is 0.570. The van der Waals surface area contributed by atoms with Crippen molar-refractivity contribution in [2.45, 2.75) is 18.9 Å². The minimum atomic E-state index is 0.000190. The Balaban J connectivity index is 1.64. The number of hydrogen-bond acceptors (Lipinski definition) is 3. The molecule has 1 aliphatic heterocycles. The third-order valence-electron chi connectivity index (χ3n) is 5.31. The molecular formula is C23H29N3O2. The van der Waals surface area contributed by atoms with Gasteiger partial charge >= 0.3 is 0 Å². The van der Waals surface area contributed by atoms with E-state index in [-0.39, 0.29) is 30.7 Å². The van der Waals surface area contributed by atoms with E-state index in [0.29, 0.717) is 13.1 Å².